The van der Waals surface area contributed by atoms with Crippen LogP contribution in [0.2, 0.25) is 0 Å². The van der Waals surface area contributed by atoms with E-state index in [0.29, 0.717) is 5.92 Å². The molecule has 0 amide bonds. The fourth-order valence-electron chi connectivity index (χ4n) is 2.88. The molecular formula is C16H12BrNS. The molecule has 1 aliphatic heterocycles. The lowest BCUT2D eigenvalue weighted by Gasteiger charge is -2.25. The molecule has 1 aliphatic carbocycles. The number of rotatable bonds is 1. The van der Waals surface area contributed by atoms with Gasteiger partial charge in [0, 0.05) is 26.7 Å². The smallest absolute Gasteiger partial charge is 0.0604 e. The summed E-state index contributed by atoms with van der Waals surface area (Å²) in [5.74, 6) is 0.525. The van der Waals surface area contributed by atoms with E-state index in [2.05, 4.69) is 74.8 Å². The molecule has 0 spiro atoms. The van der Waals surface area contributed by atoms with Crippen LogP contribution in [0, 0.1) is 0 Å². The van der Waals surface area contributed by atoms with Crippen molar-refractivity contribution in [1.29, 1.82) is 0 Å². The van der Waals surface area contributed by atoms with Crippen molar-refractivity contribution in [2.45, 2.75) is 12.3 Å². The average Bonchev–Trinajstić information content (AvgIpc) is 2.99. The molecule has 1 nitrogen and oxygen atoms in total. The molecule has 0 N–H and O–H groups in total. The number of benzene rings is 1. The number of thiophene rings is 1. The second-order valence-electron chi connectivity index (χ2n) is 4.79. The lowest BCUT2D eigenvalue weighted by Crippen LogP contribution is -2.15. The molecule has 94 valence electrons. The van der Waals surface area contributed by atoms with Crippen LogP contribution >= 0.6 is 27.3 Å². The zero-order valence-electron chi connectivity index (χ0n) is 10.2. The van der Waals surface area contributed by atoms with Crippen molar-refractivity contribution in [1.82, 2.24) is 0 Å². The summed E-state index contributed by atoms with van der Waals surface area (Å²) in [7, 11) is 0. The average molecular weight is 330 g/mol. The summed E-state index contributed by atoms with van der Waals surface area (Å²) < 4.78 is 1.19. The van der Waals surface area contributed by atoms with Crippen LogP contribution in [-0.2, 0) is 0 Å². The molecule has 1 aromatic carbocycles. The number of anilines is 2. The van der Waals surface area contributed by atoms with Crippen molar-refractivity contribution in [2.24, 2.45) is 0 Å². The molecule has 0 fully saturated rings. The quantitative estimate of drug-likeness (QED) is 0.663. The monoisotopic (exact) mass is 329 g/mol. The van der Waals surface area contributed by atoms with E-state index in [-0.39, 0.29) is 0 Å². The summed E-state index contributed by atoms with van der Waals surface area (Å²) >= 11 is 5.49. The highest BCUT2D eigenvalue weighted by Crippen LogP contribution is 2.53. The summed E-state index contributed by atoms with van der Waals surface area (Å²) in [5, 5.41) is 2.20. The van der Waals surface area contributed by atoms with Crippen molar-refractivity contribution >= 4 is 38.6 Å². The maximum absolute atomic E-state index is 3.62. The molecule has 2 aromatic rings. The standard InChI is InChI=1S/C16H12BrNS/c17-11-6-7-13-15(10-11)18(12-4-2-1-3-5-12)14-8-9-19-16(13)14/h1-6,8-10,13H,7H2. The van der Waals surface area contributed by atoms with Crippen LogP contribution < -0.4 is 4.90 Å². The Hall–Kier alpha value is -1.32. The van der Waals surface area contributed by atoms with Gasteiger partial charge in [-0.2, -0.15) is 0 Å². The molecule has 1 atom stereocenters. The second kappa shape index (κ2) is 4.36. The van der Waals surface area contributed by atoms with Gasteiger partial charge in [-0.05, 0) is 36.1 Å². The molecule has 1 aromatic heterocycles. The highest BCUT2D eigenvalue weighted by atomic mass is 79.9. The molecule has 0 radical (unpaired) electrons. The minimum atomic E-state index is 0.525. The van der Waals surface area contributed by atoms with Gasteiger partial charge in [0.05, 0.1) is 5.69 Å². The summed E-state index contributed by atoms with van der Waals surface area (Å²) in [5.41, 5.74) is 3.99. The Kier molecular flexibility index (Phi) is 2.64. The van der Waals surface area contributed by atoms with Gasteiger partial charge in [-0.1, -0.05) is 40.2 Å². The molecule has 4 rings (SSSR count). The first-order valence-corrected chi connectivity index (χ1v) is 8.01. The van der Waals surface area contributed by atoms with Gasteiger partial charge in [0.2, 0.25) is 0 Å². The van der Waals surface area contributed by atoms with Gasteiger partial charge in [0.1, 0.15) is 0 Å². The van der Waals surface area contributed by atoms with E-state index < -0.39 is 0 Å². The first-order chi connectivity index (χ1) is 9.34. The van der Waals surface area contributed by atoms with Crippen molar-refractivity contribution in [2.75, 3.05) is 4.90 Å². The number of fused-ring (bicyclic) bond motifs is 3. The van der Waals surface area contributed by atoms with Crippen LogP contribution in [-0.4, -0.2) is 0 Å². The van der Waals surface area contributed by atoms with Crippen LogP contribution in [0.15, 0.2) is 64.1 Å². The third-order valence-corrected chi connectivity index (χ3v) is 5.27. The molecule has 2 aliphatic rings. The fourth-order valence-corrected chi connectivity index (χ4v) is 4.30. The number of halogens is 1. The van der Waals surface area contributed by atoms with E-state index in [0.717, 1.165) is 6.42 Å². The van der Waals surface area contributed by atoms with E-state index in [9.17, 15) is 0 Å². The molecule has 2 heterocycles. The van der Waals surface area contributed by atoms with Gasteiger partial charge in [-0.25, -0.2) is 0 Å². The molecule has 19 heavy (non-hydrogen) atoms. The zero-order valence-corrected chi connectivity index (χ0v) is 12.6. The van der Waals surface area contributed by atoms with Crippen molar-refractivity contribution in [3.05, 3.63) is 69.0 Å². The SMILES string of the molecule is BrC1=CCC2C(=C1)N(c1ccccc1)c1ccsc12. The Morgan fingerprint density at radius 3 is 2.84 bits per heavy atom. The van der Waals surface area contributed by atoms with E-state index in [1.807, 2.05) is 11.3 Å². The fraction of sp³-hybridized carbons (Fsp3) is 0.125. The number of nitrogens with zero attached hydrogens (tertiary/aromatic N) is 1. The third kappa shape index (κ3) is 1.72. The summed E-state index contributed by atoms with van der Waals surface area (Å²) in [4.78, 5) is 3.89. The van der Waals surface area contributed by atoms with Crippen LogP contribution in [0.3, 0.4) is 0 Å². The summed E-state index contributed by atoms with van der Waals surface area (Å²) in [6, 6.07) is 12.9. The van der Waals surface area contributed by atoms with Crippen molar-refractivity contribution in [3.8, 4) is 0 Å². The number of allylic oxidation sites excluding steroid dienone is 4. The Labute approximate surface area is 125 Å². The Balaban J connectivity index is 1.91. The van der Waals surface area contributed by atoms with Crippen LogP contribution in [0.25, 0.3) is 0 Å². The Morgan fingerprint density at radius 1 is 1.16 bits per heavy atom. The minimum Gasteiger partial charge on any atom is -0.312 e. The van der Waals surface area contributed by atoms with Gasteiger partial charge < -0.3 is 4.90 Å². The van der Waals surface area contributed by atoms with E-state index in [4.69, 9.17) is 0 Å². The highest BCUT2D eigenvalue weighted by Gasteiger charge is 2.36. The predicted molar refractivity (Wildman–Crippen MR) is 85.4 cm³/mol. The first-order valence-electron chi connectivity index (χ1n) is 6.34. The molecule has 0 saturated carbocycles. The lowest BCUT2D eigenvalue weighted by molar-refractivity contribution is 0.830. The Bertz CT molecular complexity index is 684. The van der Waals surface area contributed by atoms with Crippen LogP contribution in [0.5, 0.6) is 0 Å². The van der Waals surface area contributed by atoms with E-state index in [1.54, 1.807) is 0 Å². The normalized spacial score (nSPS) is 20.7. The van der Waals surface area contributed by atoms with Crippen LogP contribution in [0.4, 0.5) is 11.4 Å². The summed E-state index contributed by atoms with van der Waals surface area (Å²) in [6.45, 7) is 0. The third-order valence-electron chi connectivity index (χ3n) is 3.69. The maximum atomic E-state index is 3.62. The van der Waals surface area contributed by atoms with Gasteiger partial charge in [-0.15, -0.1) is 11.3 Å². The zero-order chi connectivity index (χ0) is 12.8. The topological polar surface area (TPSA) is 3.24 Å². The van der Waals surface area contributed by atoms with E-state index >= 15 is 0 Å². The van der Waals surface area contributed by atoms with Crippen LogP contribution in [0.1, 0.15) is 17.2 Å². The molecule has 0 bridgehead atoms. The van der Waals surface area contributed by atoms with E-state index in [1.165, 1.54) is 26.4 Å². The molecular weight excluding hydrogens is 318 g/mol. The molecule has 1 unspecified atom stereocenters. The van der Waals surface area contributed by atoms with Gasteiger partial charge in [0.25, 0.3) is 0 Å². The van der Waals surface area contributed by atoms with Crippen molar-refractivity contribution < 1.29 is 0 Å². The largest absolute Gasteiger partial charge is 0.312 e. The predicted octanol–water partition coefficient (Wildman–Crippen LogP) is 5.55. The maximum Gasteiger partial charge on any atom is 0.0604 e. The van der Waals surface area contributed by atoms with Gasteiger partial charge in [0.15, 0.2) is 0 Å². The number of hydrogen-bond acceptors (Lipinski definition) is 2. The first kappa shape index (κ1) is 11.5. The van der Waals surface area contributed by atoms with Gasteiger partial charge >= 0.3 is 0 Å². The van der Waals surface area contributed by atoms with Crippen molar-refractivity contribution in [3.63, 3.8) is 0 Å². The Morgan fingerprint density at radius 2 is 2.00 bits per heavy atom. The minimum absolute atomic E-state index is 0.525. The van der Waals surface area contributed by atoms with Gasteiger partial charge in [-0.3, -0.25) is 0 Å². The second-order valence-corrected chi connectivity index (χ2v) is 6.65. The molecule has 3 heteroatoms. The number of hydrogen-bond donors (Lipinski definition) is 0. The summed E-state index contributed by atoms with van der Waals surface area (Å²) in [6.07, 6.45) is 5.61. The highest BCUT2D eigenvalue weighted by molar-refractivity contribution is 9.11. The molecule has 0 saturated heterocycles. The number of para-hydroxylation sites is 1. The lowest BCUT2D eigenvalue weighted by atomic mass is 9.98.